The van der Waals surface area contributed by atoms with Gasteiger partial charge in [-0.05, 0) is 53.5 Å². The second-order valence-electron chi connectivity index (χ2n) is 4.15. The van der Waals surface area contributed by atoms with E-state index in [2.05, 4.69) is 20.9 Å². The number of benzene rings is 1. The molecule has 0 aliphatic carbocycles. The van der Waals surface area contributed by atoms with Gasteiger partial charge in [-0.3, -0.25) is 0 Å². The van der Waals surface area contributed by atoms with Crippen molar-refractivity contribution in [2.75, 3.05) is 0 Å². The second-order valence-corrected chi connectivity index (χ2v) is 6.55. The molecule has 0 saturated carbocycles. The summed E-state index contributed by atoms with van der Waals surface area (Å²) in [6.07, 6.45) is 1.55. The number of nitrogens with zero attached hydrogens (tertiary/aromatic N) is 1. The van der Waals surface area contributed by atoms with Gasteiger partial charge in [-0.25, -0.2) is 4.98 Å². The number of pyridine rings is 1. The highest BCUT2D eigenvalue weighted by Gasteiger charge is 2.18. The summed E-state index contributed by atoms with van der Waals surface area (Å²) in [6, 6.07) is 8.19. The molecule has 0 bridgehead atoms. The topological polar surface area (TPSA) is 56.3 Å². The molecular formula is C13H12BrNO3S. The summed E-state index contributed by atoms with van der Waals surface area (Å²) in [6.45, 7) is 3.74. The van der Waals surface area contributed by atoms with Crippen molar-refractivity contribution in [3.05, 3.63) is 52.1 Å². The summed E-state index contributed by atoms with van der Waals surface area (Å²) < 4.78 is 29.7. The third-order valence-electron chi connectivity index (χ3n) is 2.44. The molecule has 0 fully saturated rings. The highest BCUT2D eigenvalue weighted by atomic mass is 79.9. The lowest BCUT2D eigenvalue weighted by atomic mass is 10.2. The van der Waals surface area contributed by atoms with Gasteiger partial charge in [-0.2, -0.15) is 8.42 Å². The Morgan fingerprint density at radius 1 is 1.11 bits per heavy atom. The van der Waals surface area contributed by atoms with E-state index in [4.69, 9.17) is 4.18 Å². The average molecular weight is 342 g/mol. The van der Waals surface area contributed by atoms with E-state index in [1.165, 1.54) is 12.1 Å². The van der Waals surface area contributed by atoms with Crippen LogP contribution in [-0.4, -0.2) is 13.4 Å². The van der Waals surface area contributed by atoms with Gasteiger partial charge < -0.3 is 4.18 Å². The first-order valence-corrected chi connectivity index (χ1v) is 7.72. The van der Waals surface area contributed by atoms with E-state index in [9.17, 15) is 8.42 Å². The fraction of sp³-hybridized carbons (Fsp3) is 0.154. The van der Waals surface area contributed by atoms with Gasteiger partial charge in [-0.15, -0.1) is 0 Å². The van der Waals surface area contributed by atoms with E-state index >= 15 is 0 Å². The molecule has 0 radical (unpaired) electrons. The standard InChI is InChI=1S/C13H12BrNO3S/c1-9-3-5-11(6-4-9)19(16,17)18-13-12(14)7-10(2)8-15-13/h3-8H,1-2H3. The maximum Gasteiger partial charge on any atom is 0.340 e. The first-order valence-electron chi connectivity index (χ1n) is 5.52. The Labute approximate surface area is 120 Å². The van der Waals surface area contributed by atoms with Crippen LogP contribution in [-0.2, 0) is 10.1 Å². The molecule has 2 rings (SSSR count). The van der Waals surface area contributed by atoms with Crippen molar-refractivity contribution in [1.82, 2.24) is 4.98 Å². The van der Waals surface area contributed by atoms with Crippen molar-refractivity contribution in [2.24, 2.45) is 0 Å². The van der Waals surface area contributed by atoms with Crippen LogP contribution >= 0.6 is 15.9 Å². The lowest BCUT2D eigenvalue weighted by Crippen LogP contribution is -2.11. The lowest BCUT2D eigenvalue weighted by Gasteiger charge is -2.08. The van der Waals surface area contributed by atoms with Crippen molar-refractivity contribution in [3.8, 4) is 5.88 Å². The first kappa shape index (κ1) is 14.0. The van der Waals surface area contributed by atoms with Crippen molar-refractivity contribution < 1.29 is 12.6 Å². The Morgan fingerprint density at radius 3 is 2.32 bits per heavy atom. The molecule has 0 unspecified atom stereocenters. The highest BCUT2D eigenvalue weighted by Crippen LogP contribution is 2.26. The summed E-state index contributed by atoms with van der Waals surface area (Å²) >= 11 is 3.23. The van der Waals surface area contributed by atoms with Crippen LogP contribution in [0, 0.1) is 13.8 Å². The number of hydrogen-bond acceptors (Lipinski definition) is 4. The van der Waals surface area contributed by atoms with Crippen LogP contribution in [0.4, 0.5) is 0 Å². The number of aromatic nitrogens is 1. The Morgan fingerprint density at radius 2 is 1.74 bits per heavy atom. The van der Waals surface area contributed by atoms with Crippen molar-refractivity contribution in [1.29, 1.82) is 0 Å². The fourth-order valence-corrected chi connectivity index (χ4v) is 3.00. The SMILES string of the molecule is Cc1ccc(S(=O)(=O)Oc2ncc(C)cc2Br)cc1. The summed E-state index contributed by atoms with van der Waals surface area (Å²) in [5.74, 6) is 0.0335. The third-order valence-corrected chi connectivity index (χ3v) is 4.24. The molecule has 1 aromatic heterocycles. The molecule has 0 aliphatic rings. The normalized spacial score (nSPS) is 11.3. The van der Waals surface area contributed by atoms with Gasteiger partial charge in [0.1, 0.15) is 4.90 Å². The molecular weight excluding hydrogens is 330 g/mol. The van der Waals surface area contributed by atoms with Crippen LogP contribution in [0.1, 0.15) is 11.1 Å². The molecule has 6 heteroatoms. The van der Waals surface area contributed by atoms with E-state index in [1.54, 1.807) is 24.4 Å². The molecule has 0 atom stereocenters. The minimum absolute atomic E-state index is 0.0335. The van der Waals surface area contributed by atoms with Crippen molar-refractivity contribution in [2.45, 2.75) is 18.7 Å². The van der Waals surface area contributed by atoms with Crippen molar-refractivity contribution >= 4 is 26.0 Å². The van der Waals surface area contributed by atoms with Gasteiger partial charge in [0.05, 0.1) is 4.47 Å². The van der Waals surface area contributed by atoms with E-state index in [-0.39, 0.29) is 10.8 Å². The van der Waals surface area contributed by atoms with Crippen LogP contribution in [0.5, 0.6) is 5.88 Å². The van der Waals surface area contributed by atoms with Gasteiger partial charge in [0, 0.05) is 6.20 Å². The van der Waals surface area contributed by atoms with Gasteiger partial charge in [0.25, 0.3) is 0 Å². The van der Waals surface area contributed by atoms with Gasteiger partial charge in [-0.1, -0.05) is 17.7 Å². The molecule has 0 N–H and O–H groups in total. The predicted octanol–water partition coefficient (Wildman–Crippen LogP) is 3.23. The van der Waals surface area contributed by atoms with Gasteiger partial charge in [0.15, 0.2) is 0 Å². The molecule has 0 spiro atoms. The molecule has 0 aliphatic heterocycles. The molecule has 0 saturated heterocycles. The average Bonchev–Trinajstić information content (AvgIpc) is 2.33. The molecule has 100 valence electrons. The van der Waals surface area contributed by atoms with E-state index in [0.717, 1.165) is 11.1 Å². The van der Waals surface area contributed by atoms with Gasteiger partial charge >= 0.3 is 10.1 Å². The number of hydrogen-bond donors (Lipinski definition) is 0. The molecule has 4 nitrogen and oxygen atoms in total. The Hall–Kier alpha value is -1.40. The maximum absolute atomic E-state index is 12.1. The number of halogens is 1. The number of rotatable bonds is 3. The zero-order chi connectivity index (χ0) is 14.0. The third kappa shape index (κ3) is 3.33. The molecule has 19 heavy (non-hydrogen) atoms. The van der Waals surface area contributed by atoms with E-state index < -0.39 is 10.1 Å². The summed E-state index contributed by atoms with van der Waals surface area (Å²) in [4.78, 5) is 4.06. The smallest absolute Gasteiger partial charge is 0.340 e. The van der Waals surface area contributed by atoms with Crippen LogP contribution in [0.3, 0.4) is 0 Å². The molecule has 1 aromatic carbocycles. The summed E-state index contributed by atoms with van der Waals surface area (Å²) in [7, 11) is -3.86. The Kier molecular flexibility index (Phi) is 3.91. The van der Waals surface area contributed by atoms with Crippen molar-refractivity contribution in [3.63, 3.8) is 0 Å². The van der Waals surface area contributed by atoms with Crippen LogP contribution < -0.4 is 4.18 Å². The monoisotopic (exact) mass is 341 g/mol. The summed E-state index contributed by atoms with van der Waals surface area (Å²) in [5, 5.41) is 0. The van der Waals surface area contributed by atoms with Crippen LogP contribution in [0.15, 0.2) is 45.9 Å². The van der Waals surface area contributed by atoms with E-state index in [1.807, 2.05) is 13.8 Å². The second kappa shape index (κ2) is 5.30. The minimum Gasteiger partial charge on any atom is -0.357 e. The van der Waals surface area contributed by atoms with Crippen LogP contribution in [0.25, 0.3) is 0 Å². The summed E-state index contributed by atoms with van der Waals surface area (Å²) in [5.41, 5.74) is 1.89. The number of aryl methyl sites for hydroxylation is 2. The first-order chi connectivity index (χ1) is 8.88. The minimum atomic E-state index is -3.86. The zero-order valence-electron chi connectivity index (χ0n) is 10.4. The molecule has 2 aromatic rings. The maximum atomic E-state index is 12.1. The van der Waals surface area contributed by atoms with E-state index in [0.29, 0.717) is 4.47 Å². The fourth-order valence-electron chi connectivity index (χ4n) is 1.44. The Balaban J connectivity index is 2.33. The molecule has 1 heterocycles. The Bertz CT molecular complexity index is 696. The zero-order valence-corrected chi connectivity index (χ0v) is 12.8. The van der Waals surface area contributed by atoms with Gasteiger partial charge in [0.2, 0.25) is 5.88 Å². The highest BCUT2D eigenvalue weighted by molar-refractivity contribution is 9.10. The predicted molar refractivity (Wildman–Crippen MR) is 75.7 cm³/mol. The lowest BCUT2D eigenvalue weighted by molar-refractivity contribution is 0.474. The molecule has 0 amide bonds. The quantitative estimate of drug-likeness (QED) is 0.804. The largest absolute Gasteiger partial charge is 0.357 e. The van der Waals surface area contributed by atoms with Crippen LogP contribution in [0.2, 0.25) is 0 Å².